The Kier molecular flexibility index (Phi) is 5.80. The second-order valence-electron chi connectivity index (χ2n) is 5.38. The van der Waals surface area contributed by atoms with Gasteiger partial charge in [0.05, 0.1) is 24.2 Å². The van der Waals surface area contributed by atoms with Crippen LogP contribution in [0.15, 0.2) is 53.7 Å². The van der Waals surface area contributed by atoms with Crippen LogP contribution in [0.2, 0.25) is 5.02 Å². The number of hydrogen-bond donors (Lipinski definition) is 1. The molecular formula is C18H17ClN4O2S. The third-order valence-electron chi connectivity index (χ3n) is 3.57. The Balaban J connectivity index is 1.72. The smallest absolute Gasteiger partial charge is 0.234 e. The van der Waals surface area contributed by atoms with E-state index in [0.717, 1.165) is 11.5 Å². The molecule has 0 spiro atoms. The van der Waals surface area contributed by atoms with Crippen LogP contribution in [0.3, 0.4) is 0 Å². The Morgan fingerprint density at radius 3 is 2.81 bits per heavy atom. The van der Waals surface area contributed by atoms with Gasteiger partial charge in [-0.2, -0.15) is 0 Å². The first-order valence-corrected chi connectivity index (χ1v) is 9.18. The molecule has 134 valence electrons. The predicted molar refractivity (Wildman–Crippen MR) is 103 cm³/mol. The highest BCUT2D eigenvalue weighted by Gasteiger charge is 2.14. The van der Waals surface area contributed by atoms with Gasteiger partial charge in [0, 0.05) is 5.02 Å². The number of methoxy groups -OCH3 is 1. The van der Waals surface area contributed by atoms with Gasteiger partial charge in [0.2, 0.25) is 5.91 Å². The number of amides is 1. The third kappa shape index (κ3) is 4.17. The van der Waals surface area contributed by atoms with Gasteiger partial charge in [-0.1, -0.05) is 41.6 Å². The van der Waals surface area contributed by atoms with E-state index in [0.29, 0.717) is 21.6 Å². The fourth-order valence-corrected chi connectivity index (χ4v) is 3.40. The lowest BCUT2D eigenvalue weighted by Crippen LogP contribution is -2.15. The highest BCUT2D eigenvalue weighted by molar-refractivity contribution is 7.99. The maximum Gasteiger partial charge on any atom is 0.234 e. The molecule has 0 radical (unpaired) electrons. The van der Waals surface area contributed by atoms with Crippen LogP contribution < -0.4 is 10.1 Å². The minimum atomic E-state index is -0.155. The van der Waals surface area contributed by atoms with E-state index in [9.17, 15) is 4.79 Å². The largest absolute Gasteiger partial charge is 0.495 e. The second-order valence-corrected chi connectivity index (χ2v) is 6.76. The number of nitrogens with zero attached hydrogens (tertiary/aromatic N) is 3. The molecule has 1 amide bonds. The minimum absolute atomic E-state index is 0.155. The van der Waals surface area contributed by atoms with Crippen molar-refractivity contribution in [3.05, 3.63) is 59.4 Å². The van der Waals surface area contributed by atoms with E-state index in [4.69, 9.17) is 16.3 Å². The molecule has 0 fully saturated rings. The van der Waals surface area contributed by atoms with Crippen molar-refractivity contribution in [1.29, 1.82) is 0 Å². The summed E-state index contributed by atoms with van der Waals surface area (Å²) in [6.45, 7) is 1.85. The summed E-state index contributed by atoms with van der Waals surface area (Å²) >= 11 is 7.38. The lowest BCUT2D eigenvalue weighted by Gasteiger charge is -2.10. The molecule has 26 heavy (non-hydrogen) atoms. The molecule has 0 aliphatic carbocycles. The first-order valence-electron chi connectivity index (χ1n) is 7.82. The van der Waals surface area contributed by atoms with Crippen LogP contribution in [0.5, 0.6) is 5.75 Å². The maximum atomic E-state index is 12.3. The van der Waals surface area contributed by atoms with Crippen molar-refractivity contribution in [1.82, 2.24) is 14.8 Å². The Labute approximate surface area is 160 Å². The van der Waals surface area contributed by atoms with E-state index in [-0.39, 0.29) is 11.7 Å². The van der Waals surface area contributed by atoms with Crippen molar-refractivity contribution in [2.24, 2.45) is 0 Å². The zero-order valence-corrected chi connectivity index (χ0v) is 15.8. The van der Waals surface area contributed by atoms with Crippen molar-refractivity contribution in [3.8, 4) is 11.4 Å². The van der Waals surface area contributed by atoms with Crippen LogP contribution in [0.1, 0.15) is 5.82 Å². The summed E-state index contributed by atoms with van der Waals surface area (Å²) in [5.41, 5.74) is 1.49. The van der Waals surface area contributed by atoms with Gasteiger partial charge in [-0.05, 0) is 37.3 Å². The average Bonchev–Trinajstić information content (AvgIpc) is 3.01. The number of halogens is 1. The molecule has 8 heteroatoms. The van der Waals surface area contributed by atoms with Gasteiger partial charge in [0.1, 0.15) is 11.6 Å². The number of aromatic nitrogens is 3. The number of carbonyl (C=O) groups excluding carboxylic acids is 1. The molecule has 0 unspecified atom stereocenters. The fourth-order valence-electron chi connectivity index (χ4n) is 2.41. The van der Waals surface area contributed by atoms with E-state index in [1.165, 1.54) is 11.8 Å². The summed E-state index contributed by atoms with van der Waals surface area (Å²) in [6.07, 6.45) is 0. The summed E-state index contributed by atoms with van der Waals surface area (Å²) in [5, 5.41) is 12.4. The summed E-state index contributed by atoms with van der Waals surface area (Å²) in [6, 6.07) is 14.7. The first kappa shape index (κ1) is 18.3. The van der Waals surface area contributed by atoms with Gasteiger partial charge in [0.15, 0.2) is 5.16 Å². The average molecular weight is 389 g/mol. The van der Waals surface area contributed by atoms with Gasteiger partial charge in [-0.15, -0.1) is 10.2 Å². The summed E-state index contributed by atoms with van der Waals surface area (Å²) in [4.78, 5) is 12.3. The minimum Gasteiger partial charge on any atom is -0.495 e. The Bertz CT molecular complexity index is 929. The van der Waals surface area contributed by atoms with E-state index in [1.54, 1.807) is 25.3 Å². The van der Waals surface area contributed by atoms with Crippen LogP contribution in [0.25, 0.3) is 5.69 Å². The molecule has 1 heterocycles. The summed E-state index contributed by atoms with van der Waals surface area (Å²) in [5.74, 6) is 1.37. The lowest BCUT2D eigenvalue weighted by molar-refractivity contribution is -0.113. The molecule has 3 aromatic rings. The molecule has 1 N–H and O–H groups in total. The summed E-state index contributed by atoms with van der Waals surface area (Å²) in [7, 11) is 1.57. The van der Waals surface area contributed by atoms with E-state index in [1.807, 2.05) is 41.8 Å². The molecule has 0 saturated carbocycles. The highest BCUT2D eigenvalue weighted by atomic mass is 35.5. The number of nitrogens with one attached hydrogen (secondary N) is 1. The van der Waals surface area contributed by atoms with Gasteiger partial charge in [0.25, 0.3) is 0 Å². The number of ether oxygens (including phenoxy) is 1. The van der Waals surface area contributed by atoms with Crippen molar-refractivity contribution >= 4 is 35.0 Å². The van der Waals surface area contributed by atoms with Crippen LogP contribution in [-0.4, -0.2) is 33.5 Å². The molecule has 6 nitrogen and oxygen atoms in total. The molecule has 1 aromatic heterocycles. The quantitative estimate of drug-likeness (QED) is 0.647. The van der Waals surface area contributed by atoms with Crippen molar-refractivity contribution in [3.63, 3.8) is 0 Å². The monoisotopic (exact) mass is 388 g/mol. The van der Waals surface area contributed by atoms with E-state index >= 15 is 0 Å². The molecule has 3 rings (SSSR count). The van der Waals surface area contributed by atoms with Gasteiger partial charge < -0.3 is 10.1 Å². The summed E-state index contributed by atoms with van der Waals surface area (Å²) < 4.78 is 7.11. The zero-order chi connectivity index (χ0) is 18.5. The number of thioether (sulfide) groups is 1. The van der Waals surface area contributed by atoms with Crippen molar-refractivity contribution in [2.45, 2.75) is 12.1 Å². The molecule has 0 aliphatic heterocycles. The normalized spacial score (nSPS) is 10.6. The number of rotatable bonds is 6. The van der Waals surface area contributed by atoms with Crippen LogP contribution in [0, 0.1) is 6.92 Å². The van der Waals surface area contributed by atoms with Crippen LogP contribution in [0.4, 0.5) is 5.69 Å². The number of anilines is 1. The molecule has 0 bridgehead atoms. The standard InChI is InChI=1S/C18H17ClN4O2S/c1-12-21-22-18(23(12)14-7-5-6-13(19)10-14)26-11-17(24)20-15-8-3-4-9-16(15)25-2/h3-10H,11H2,1-2H3,(H,20,24). The molecule has 2 aromatic carbocycles. The number of aryl methyl sites for hydroxylation is 1. The van der Waals surface area contributed by atoms with Gasteiger partial charge in [-0.25, -0.2) is 0 Å². The van der Waals surface area contributed by atoms with Gasteiger partial charge in [-0.3, -0.25) is 9.36 Å². The fraction of sp³-hybridized carbons (Fsp3) is 0.167. The lowest BCUT2D eigenvalue weighted by atomic mass is 10.3. The SMILES string of the molecule is COc1ccccc1NC(=O)CSc1nnc(C)n1-c1cccc(Cl)c1. The second kappa shape index (κ2) is 8.25. The predicted octanol–water partition coefficient (Wildman–Crippen LogP) is 3.97. The van der Waals surface area contributed by atoms with Gasteiger partial charge >= 0.3 is 0 Å². The Morgan fingerprint density at radius 1 is 1.23 bits per heavy atom. The molecule has 0 aliphatic rings. The Hall–Kier alpha value is -2.51. The number of carbonyl (C=O) groups is 1. The molecule has 0 atom stereocenters. The van der Waals surface area contributed by atoms with Crippen molar-refractivity contribution in [2.75, 3.05) is 18.2 Å². The first-order chi connectivity index (χ1) is 12.6. The maximum absolute atomic E-state index is 12.3. The number of benzene rings is 2. The third-order valence-corrected chi connectivity index (χ3v) is 4.74. The molecule has 0 saturated heterocycles. The van der Waals surface area contributed by atoms with Crippen LogP contribution in [-0.2, 0) is 4.79 Å². The van der Waals surface area contributed by atoms with Crippen molar-refractivity contribution < 1.29 is 9.53 Å². The topological polar surface area (TPSA) is 69.0 Å². The Morgan fingerprint density at radius 2 is 2.04 bits per heavy atom. The van der Waals surface area contributed by atoms with E-state index < -0.39 is 0 Å². The van der Waals surface area contributed by atoms with Crippen LogP contribution >= 0.6 is 23.4 Å². The number of para-hydroxylation sites is 2. The van der Waals surface area contributed by atoms with E-state index in [2.05, 4.69) is 15.5 Å². The highest BCUT2D eigenvalue weighted by Crippen LogP contribution is 2.26. The number of hydrogen-bond acceptors (Lipinski definition) is 5. The molecular weight excluding hydrogens is 372 g/mol. The zero-order valence-electron chi connectivity index (χ0n) is 14.3.